The van der Waals surface area contributed by atoms with Gasteiger partial charge < -0.3 is 16.4 Å². The second kappa shape index (κ2) is 5.61. The Morgan fingerprint density at radius 3 is 2.79 bits per heavy atom. The van der Waals surface area contributed by atoms with Crippen LogP contribution in [-0.2, 0) is 11.3 Å². The Balaban J connectivity index is 2.30. The molecule has 0 aliphatic carbocycles. The van der Waals surface area contributed by atoms with Gasteiger partial charge in [-0.2, -0.15) is 0 Å². The van der Waals surface area contributed by atoms with E-state index in [2.05, 4.69) is 36.9 Å². The summed E-state index contributed by atoms with van der Waals surface area (Å²) in [6, 6.07) is 6.74. The molecule has 2 rings (SSSR count). The first-order valence-corrected chi connectivity index (χ1v) is 6.88. The highest BCUT2D eigenvalue weighted by Gasteiger charge is 2.29. The number of carbonyl (C=O) groups excluding carboxylic acids is 1. The van der Waals surface area contributed by atoms with E-state index in [0.717, 1.165) is 24.1 Å². The van der Waals surface area contributed by atoms with E-state index >= 15 is 0 Å². The molecule has 1 amide bonds. The number of benzene rings is 1. The van der Waals surface area contributed by atoms with E-state index in [0.29, 0.717) is 19.1 Å². The van der Waals surface area contributed by atoms with Crippen molar-refractivity contribution in [3.63, 3.8) is 0 Å². The van der Waals surface area contributed by atoms with E-state index in [9.17, 15) is 4.79 Å². The number of aryl methyl sites for hydroxylation is 1. The second-order valence-corrected chi connectivity index (χ2v) is 5.51. The molecule has 1 aliphatic heterocycles. The van der Waals surface area contributed by atoms with Crippen molar-refractivity contribution in [3.05, 3.63) is 29.3 Å². The van der Waals surface area contributed by atoms with Crippen LogP contribution < -0.4 is 16.4 Å². The topological polar surface area (TPSA) is 72.3 Å². The first kappa shape index (κ1) is 13.9. The Bertz CT molecular complexity index is 472. The zero-order chi connectivity index (χ0) is 14.0. The fourth-order valence-corrected chi connectivity index (χ4v) is 2.83. The first-order valence-electron chi connectivity index (χ1n) is 6.88. The molecule has 4 N–H and O–H groups in total. The highest BCUT2D eigenvalue weighted by molar-refractivity contribution is 5.78. The molecular formula is C15H23N3O. The monoisotopic (exact) mass is 261 g/mol. The third-order valence-corrected chi connectivity index (χ3v) is 4.05. The van der Waals surface area contributed by atoms with Gasteiger partial charge in [0, 0.05) is 24.8 Å². The molecule has 1 saturated heterocycles. The van der Waals surface area contributed by atoms with E-state index in [4.69, 9.17) is 11.5 Å². The zero-order valence-corrected chi connectivity index (χ0v) is 11.7. The van der Waals surface area contributed by atoms with Crippen molar-refractivity contribution in [1.82, 2.24) is 0 Å². The highest BCUT2D eigenvalue weighted by atomic mass is 16.1. The minimum absolute atomic E-state index is 0.0527. The Morgan fingerprint density at radius 1 is 1.42 bits per heavy atom. The van der Waals surface area contributed by atoms with Crippen molar-refractivity contribution in [2.45, 2.75) is 39.3 Å². The molecule has 0 radical (unpaired) electrons. The SMILES string of the molecule is Cc1ccc(N2CC(C(N)=O)CCC2C)c(CN)c1. The molecule has 2 unspecified atom stereocenters. The molecule has 0 aromatic heterocycles. The lowest BCUT2D eigenvalue weighted by Crippen LogP contribution is -2.46. The number of rotatable bonds is 3. The second-order valence-electron chi connectivity index (χ2n) is 5.51. The molecule has 0 bridgehead atoms. The number of hydrogen-bond donors (Lipinski definition) is 2. The van der Waals surface area contributed by atoms with Gasteiger partial charge in [0.25, 0.3) is 0 Å². The molecule has 0 saturated carbocycles. The lowest BCUT2D eigenvalue weighted by atomic mass is 9.91. The average molecular weight is 261 g/mol. The zero-order valence-electron chi connectivity index (χ0n) is 11.7. The number of primary amides is 1. The van der Waals surface area contributed by atoms with Crippen LogP contribution in [0.25, 0.3) is 0 Å². The fraction of sp³-hybridized carbons (Fsp3) is 0.533. The molecule has 1 aromatic rings. The molecule has 1 fully saturated rings. The Morgan fingerprint density at radius 2 is 2.16 bits per heavy atom. The molecule has 4 heteroatoms. The number of piperidine rings is 1. The minimum atomic E-state index is -0.196. The average Bonchev–Trinajstić information content (AvgIpc) is 2.39. The summed E-state index contributed by atoms with van der Waals surface area (Å²) in [5.74, 6) is -0.249. The fourth-order valence-electron chi connectivity index (χ4n) is 2.83. The van der Waals surface area contributed by atoms with Gasteiger partial charge in [0.2, 0.25) is 5.91 Å². The van der Waals surface area contributed by atoms with Crippen LogP contribution in [-0.4, -0.2) is 18.5 Å². The van der Waals surface area contributed by atoms with E-state index in [1.807, 2.05) is 0 Å². The molecule has 0 spiro atoms. The van der Waals surface area contributed by atoms with Gasteiger partial charge in [0.15, 0.2) is 0 Å². The normalized spacial score (nSPS) is 23.4. The van der Waals surface area contributed by atoms with Crippen LogP contribution in [0.3, 0.4) is 0 Å². The standard InChI is InChI=1S/C15H23N3O/c1-10-3-6-14(13(7-10)8-16)18-9-12(15(17)19)5-4-11(18)2/h3,6-7,11-12H,4-5,8-9,16H2,1-2H3,(H2,17,19). The van der Waals surface area contributed by atoms with E-state index < -0.39 is 0 Å². The summed E-state index contributed by atoms with van der Waals surface area (Å²) in [6.45, 7) is 5.47. The van der Waals surface area contributed by atoms with Crippen molar-refractivity contribution in [1.29, 1.82) is 0 Å². The highest BCUT2D eigenvalue weighted by Crippen LogP contribution is 2.30. The third-order valence-electron chi connectivity index (χ3n) is 4.05. The summed E-state index contributed by atoms with van der Waals surface area (Å²) in [7, 11) is 0. The summed E-state index contributed by atoms with van der Waals surface area (Å²) in [5.41, 5.74) is 14.8. The van der Waals surface area contributed by atoms with Crippen LogP contribution >= 0.6 is 0 Å². The number of carbonyl (C=O) groups is 1. The largest absolute Gasteiger partial charge is 0.369 e. The van der Waals surface area contributed by atoms with Crippen LogP contribution in [0.1, 0.15) is 30.9 Å². The molecule has 1 aliphatic rings. The van der Waals surface area contributed by atoms with Gasteiger partial charge in [-0.25, -0.2) is 0 Å². The van der Waals surface area contributed by atoms with Gasteiger partial charge in [-0.3, -0.25) is 4.79 Å². The van der Waals surface area contributed by atoms with Crippen LogP contribution in [0, 0.1) is 12.8 Å². The maximum atomic E-state index is 11.4. The molecule has 2 atom stereocenters. The number of nitrogens with zero attached hydrogens (tertiary/aromatic N) is 1. The Labute approximate surface area is 114 Å². The van der Waals surface area contributed by atoms with Crippen molar-refractivity contribution in [2.24, 2.45) is 17.4 Å². The minimum Gasteiger partial charge on any atom is -0.369 e. The van der Waals surface area contributed by atoms with Crippen LogP contribution in [0.2, 0.25) is 0 Å². The van der Waals surface area contributed by atoms with Crippen molar-refractivity contribution in [2.75, 3.05) is 11.4 Å². The predicted molar refractivity (Wildman–Crippen MR) is 77.8 cm³/mol. The molecule has 4 nitrogen and oxygen atoms in total. The number of anilines is 1. The smallest absolute Gasteiger partial charge is 0.222 e. The number of nitrogens with two attached hydrogens (primary N) is 2. The maximum Gasteiger partial charge on any atom is 0.222 e. The molecular weight excluding hydrogens is 238 g/mol. The van der Waals surface area contributed by atoms with Crippen molar-refractivity contribution >= 4 is 11.6 Å². The first-order chi connectivity index (χ1) is 9.02. The summed E-state index contributed by atoms with van der Waals surface area (Å²) in [6.07, 6.45) is 1.88. The van der Waals surface area contributed by atoms with Crippen molar-refractivity contribution < 1.29 is 4.79 Å². The van der Waals surface area contributed by atoms with Crippen molar-refractivity contribution in [3.8, 4) is 0 Å². The summed E-state index contributed by atoms with van der Waals surface area (Å²) >= 11 is 0. The summed E-state index contributed by atoms with van der Waals surface area (Å²) < 4.78 is 0. The lowest BCUT2D eigenvalue weighted by Gasteiger charge is -2.39. The quantitative estimate of drug-likeness (QED) is 0.867. The molecule has 1 aromatic carbocycles. The Hall–Kier alpha value is -1.55. The van der Waals surface area contributed by atoms with Gasteiger partial charge in [-0.1, -0.05) is 17.7 Å². The molecule has 104 valence electrons. The van der Waals surface area contributed by atoms with Gasteiger partial charge in [-0.05, 0) is 38.3 Å². The van der Waals surface area contributed by atoms with E-state index in [-0.39, 0.29) is 11.8 Å². The van der Waals surface area contributed by atoms with Crippen LogP contribution in [0.5, 0.6) is 0 Å². The number of amides is 1. The third kappa shape index (κ3) is 2.89. The summed E-state index contributed by atoms with van der Waals surface area (Å²) in [5, 5.41) is 0. The van der Waals surface area contributed by atoms with Gasteiger partial charge in [-0.15, -0.1) is 0 Å². The Kier molecular flexibility index (Phi) is 4.10. The van der Waals surface area contributed by atoms with Gasteiger partial charge in [0.1, 0.15) is 0 Å². The van der Waals surface area contributed by atoms with E-state index in [1.54, 1.807) is 0 Å². The van der Waals surface area contributed by atoms with Gasteiger partial charge >= 0.3 is 0 Å². The summed E-state index contributed by atoms with van der Waals surface area (Å²) in [4.78, 5) is 13.7. The van der Waals surface area contributed by atoms with E-state index in [1.165, 1.54) is 5.56 Å². The van der Waals surface area contributed by atoms with Gasteiger partial charge in [0.05, 0.1) is 5.92 Å². The van der Waals surface area contributed by atoms with Crippen LogP contribution in [0.4, 0.5) is 5.69 Å². The number of hydrogen-bond acceptors (Lipinski definition) is 3. The lowest BCUT2D eigenvalue weighted by molar-refractivity contribution is -0.122. The predicted octanol–water partition coefficient (Wildman–Crippen LogP) is 1.54. The van der Waals surface area contributed by atoms with Crippen LogP contribution in [0.15, 0.2) is 18.2 Å². The molecule has 19 heavy (non-hydrogen) atoms. The maximum absolute atomic E-state index is 11.4. The molecule has 1 heterocycles.